The van der Waals surface area contributed by atoms with Crippen molar-refractivity contribution in [3.63, 3.8) is 0 Å². The van der Waals surface area contributed by atoms with E-state index in [2.05, 4.69) is 31.0 Å². The molecule has 0 radical (unpaired) electrons. The van der Waals surface area contributed by atoms with E-state index in [9.17, 15) is 4.79 Å². The highest BCUT2D eigenvalue weighted by atomic mass is 79.9. The van der Waals surface area contributed by atoms with Crippen LogP contribution in [0.3, 0.4) is 0 Å². The van der Waals surface area contributed by atoms with Crippen molar-refractivity contribution < 1.29 is 14.3 Å². The van der Waals surface area contributed by atoms with Crippen LogP contribution in [0.2, 0.25) is 0 Å². The zero-order chi connectivity index (χ0) is 12.3. The fourth-order valence-electron chi connectivity index (χ4n) is 1.76. The maximum Gasteiger partial charge on any atom is 0.323 e. The van der Waals surface area contributed by atoms with Crippen LogP contribution in [0.5, 0.6) is 5.75 Å². The number of ether oxygens (including phenoxy) is 2. The van der Waals surface area contributed by atoms with Gasteiger partial charge in [-0.1, -0.05) is 0 Å². The average Bonchev–Trinajstić information content (AvgIpc) is 2.76. The second kappa shape index (κ2) is 5.46. The van der Waals surface area contributed by atoms with Crippen LogP contribution >= 0.6 is 15.9 Å². The van der Waals surface area contributed by atoms with Crippen molar-refractivity contribution >= 4 is 21.9 Å². The molecule has 1 aromatic rings. The molecule has 0 aromatic carbocycles. The monoisotopic (exact) mass is 300 g/mol. The molecular formula is C11H13BrN2O3. The first-order valence-electron chi connectivity index (χ1n) is 5.27. The van der Waals surface area contributed by atoms with Gasteiger partial charge >= 0.3 is 5.97 Å². The van der Waals surface area contributed by atoms with Crippen LogP contribution in [0.15, 0.2) is 22.9 Å². The normalized spacial score (nSPS) is 23.4. The van der Waals surface area contributed by atoms with Gasteiger partial charge in [-0.05, 0) is 22.0 Å². The molecule has 6 heteroatoms. The molecular weight excluding hydrogens is 288 g/mol. The molecule has 1 N–H and O–H groups in total. The number of pyridine rings is 1. The van der Waals surface area contributed by atoms with E-state index in [1.807, 2.05) is 6.07 Å². The molecule has 92 valence electrons. The summed E-state index contributed by atoms with van der Waals surface area (Å²) in [5.74, 6) is 0.445. The van der Waals surface area contributed by atoms with Gasteiger partial charge < -0.3 is 14.8 Å². The Morgan fingerprint density at radius 2 is 2.41 bits per heavy atom. The summed E-state index contributed by atoms with van der Waals surface area (Å²) >= 11 is 3.33. The fourth-order valence-corrected chi connectivity index (χ4v) is 2.11. The van der Waals surface area contributed by atoms with Crippen molar-refractivity contribution in [3.8, 4) is 5.75 Å². The standard InChI is InChI=1S/C11H13BrN2O3/c1-16-11(15)10-3-9(6-14-10)17-8-2-7(12)4-13-5-8/h2,4-5,9-10,14H,3,6H2,1H3. The molecule has 5 nitrogen and oxygen atoms in total. The van der Waals surface area contributed by atoms with Gasteiger partial charge in [0, 0.05) is 23.6 Å². The minimum atomic E-state index is -0.273. The Morgan fingerprint density at radius 1 is 1.59 bits per heavy atom. The number of esters is 1. The average molecular weight is 301 g/mol. The summed E-state index contributed by atoms with van der Waals surface area (Å²) in [6.07, 6.45) is 3.92. The van der Waals surface area contributed by atoms with Gasteiger partial charge in [-0.3, -0.25) is 9.78 Å². The fraction of sp³-hybridized carbons (Fsp3) is 0.455. The van der Waals surface area contributed by atoms with Crippen molar-refractivity contribution in [2.45, 2.75) is 18.6 Å². The van der Waals surface area contributed by atoms with Crippen molar-refractivity contribution in [3.05, 3.63) is 22.9 Å². The molecule has 0 aliphatic carbocycles. The SMILES string of the molecule is COC(=O)C1CC(Oc2cncc(Br)c2)CN1. The van der Waals surface area contributed by atoms with Crippen LogP contribution in [-0.4, -0.2) is 36.8 Å². The van der Waals surface area contributed by atoms with Crippen molar-refractivity contribution in [1.29, 1.82) is 0 Å². The molecule has 1 fully saturated rings. The third-order valence-electron chi connectivity index (χ3n) is 2.56. The Bertz CT molecular complexity index is 413. The molecule has 17 heavy (non-hydrogen) atoms. The first-order valence-corrected chi connectivity index (χ1v) is 6.07. The largest absolute Gasteiger partial charge is 0.487 e. The number of carbonyl (C=O) groups excluding carboxylic acids is 1. The predicted molar refractivity (Wildman–Crippen MR) is 64.8 cm³/mol. The zero-order valence-corrected chi connectivity index (χ0v) is 10.9. The van der Waals surface area contributed by atoms with Gasteiger partial charge in [-0.15, -0.1) is 0 Å². The molecule has 2 heterocycles. The van der Waals surface area contributed by atoms with Crippen LogP contribution in [0.4, 0.5) is 0 Å². The predicted octanol–water partition coefficient (Wildman–Crippen LogP) is 1.13. The molecule has 0 saturated carbocycles. The molecule has 1 aromatic heterocycles. The number of aromatic nitrogens is 1. The highest BCUT2D eigenvalue weighted by Crippen LogP contribution is 2.20. The van der Waals surface area contributed by atoms with Crippen molar-refractivity contribution in [2.75, 3.05) is 13.7 Å². The summed E-state index contributed by atoms with van der Waals surface area (Å²) in [5, 5.41) is 3.06. The molecule has 2 rings (SSSR count). The topological polar surface area (TPSA) is 60.5 Å². The second-order valence-electron chi connectivity index (χ2n) is 3.80. The van der Waals surface area contributed by atoms with E-state index in [1.165, 1.54) is 7.11 Å². The summed E-state index contributed by atoms with van der Waals surface area (Å²) in [4.78, 5) is 15.3. The smallest absolute Gasteiger partial charge is 0.323 e. The number of hydrogen-bond donors (Lipinski definition) is 1. The van der Waals surface area contributed by atoms with E-state index < -0.39 is 0 Å². The van der Waals surface area contributed by atoms with Crippen LogP contribution < -0.4 is 10.1 Å². The lowest BCUT2D eigenvalue weighted by atomic mass is 10.2. The Kier molecular flexibility index (Phi) is 3.96. The van der Waals surface area contributed by atoms with Crippen molar-refractivity contribution in [1.82, 2.24) is 10.3 Å². The molecule has 1 saturated heterocycles. The van der Waals surface area contributed by atoms with E-state index in [0.29, 0.717) is 18.7 Å². The summed E-state index contributed by atoms with van der Waals surface area (Å²) in [5.41, 5.74) is 0. The number of halogens is 1. The number of methoxy groups -OCH3 is 1. The molecule has 0 spiro atoms. The number of nitrogens with one attached hydrogen (secondary N) is 1. The molecule has 2 unspecified atom stereocenters. The Balaban J connectivity index is 1.92. The zero-order valence-electron chi connectivity index (χ0n) is 9.35. The highest BCUT2D eigenvalue weighted by molar-refractivity contribution is 9.10. The molecule has 0 amide bonds. The van der Waals surface area contributed by atoms with Gasteiger partial charge in [0.15, 0.2) is 0 Å². The summed E-state index contributed by atoms with van der Waals surface area (Å²) < 4.78 is 11.3. The summed E-state index contributed by atoms with van der Waals surface area (Å²) in [6, 6.07) is 1.57. The maximum absolute atomic E-state index is 11.3. The van der Waals surface area contributed by atoms with Crippen LogP contribution in [-0.2, 0) is 9.53 Å². The van der Waals surface area contributed by atoms with Gasteiger partial charge in [0.1, 0.15) is 17.9 Å². The van der Waals surface area contributed by atoms with E-state index in [-0.39, 0.29) is 18.1 Å². The van der Waals surface area contributed by atoms with Crippen molar-refractivity contribution in [2.24, 2.45) is 0 Å². The van der Waals surface area contributed by atoms with Gasteiger partial charge in [0.05, 0.1) is 13.3 Å². The second-order valence-corrected chi connectivity index (χ2v) is 4.71. The first-order chi connectivity index (χ1) is 8.19. The van der Waals surface area contributed by atoms with E-state index in [0.717, 1.165) is 4.47 Å². The molecule has 0 bridgehead atoms. The molecule has 1 aliphatic heterocycles. The Hall–Kier alpha value is -1.14. The lowest BCUT2D eigenvalue weighted by Crippen LogP contribution is -2.31. The lowest BCUT2D eigenvalue weighted by Gasteiger charge is -2.12. The quantitative estimate of drug-likeness (QED) is 0.848. The number of nitrogens with zero attached hydrogens (tertiary/aromatic N) is 1. The van der Waals surface area contributed by atoms with E-state index in [1.54, 1.807) is 12.4 Å². The van der Waals surface area contributed by atoms with Gasteiger partial charge in [-0.25, -0.2) is 0 Å². The summed E-state index contributed by atoms with van der Waals surface area (Å²) in [7, 11) is 1.39. The number of hydrogen-bond acceptors (Lipinski definition) is 5. The Morgan fingerprint density at radius 3 is 3.12 bits per heavy atom. The van der Waals surface area contributed by atoms with Crippen LogP contribution in [0, 0.1) is 0 Å². The number of carbonyl (C=O) groups is 1. The third kappa shape index (κ3) is 3.17. The lowest BCUT2D eigenvalue weighted by molar-refractivity contribution is -0.142. The minimum absolute atomic E-state index is 0.0322. The molecule has 2 atom stereocenters. The Labute approximate surface area is 108 Å². The van der Waals surface area contributed by atoms with Crippen LogP contribution in [0.25, 0.3) is 0 Å². The van der Waals surface area contributed by atoms with Crippen LogP contribution in [0.1, 0.15) is 6.42 Å². The maximum atomic E-state index is 11.3. The van der Waals surface area contributed by atoms with Gasteiger partial charge in [-0.2, -0.15) is 0 Å². The number of rotatable bonds is 3. The highest BCUT2D eigenvalue weighted by Gasteiger charge is 2.31. The first kappa shape index (κ1) is 12.3. The van der Waals surface area contributed by atoms with Gasteiger partial charge in [0.2, 0.25) is 0 Å². The molecule has 1 aliphatic rings. The van der Waals surface area contributed by atoms with Gasteiger partial charge in [0.25, 0.3) is 0 Å². The van der Waals surface area contributed by atoms with E-state index in [4.69, 9.17) is 4.74 Å². The summed E-state index contributed by atoms with van der Waals surface area (Å²) in [6.45, 7) is 0.631. The minimum Gasteiger partial charge on any atom is -0.487 e. The van der Waals surface area contributed by atoms with E-state index >= 15 is 0 Å². The third-order valence-corrected chi connectivity index (χ3v) is 2.99.